The smallest absolute Gasteiger partial charge is 0.290 e. The van der Waals surface area contributed by atoms with Gasteiger partial charge in [-0.2, -0.15) is 0 Å². The largest absolute Gasteiger partial charge is 0.497 e. The molecule has 2 aromatic carbocycles. The molecular weight excluding hydrogens is 423 g/mol. The lowest BCUT2D eigenvalue weighted by molar-refractivity contribution is -0.126. The lowest BCUT2D eigenvalue weighted by Gasteiger charge is -2.32. The van der Waals surface area contributed by atoms with Crippen molar-refractivity contribution >= 4 is 11.8 Å². The molecule has 1 aliphatic rings. The summed E-state index contributed by atoms with van der Waals surface area (Å²) in [4.78, 5) is 28.6. The topological polar surface area (TPSA) is 71.8 Å². The maximum absolute atomic E-state index is 13.6. The first-order chi connectivity index (χ1) is 16.0. The van der Waals surface area contributed by atoms with Gasteiger partial charge in [-0.1, -0.05) is 37.1 Å². The monoisotopic (exact) mass is 450 g/mol. The Hall–Kier alpha value is -3.61. The highest BCUT2D eigenvalue weighted by Crippen LogP contribution is 2.29. The highest BCUT2D eigenvalue weighted by atomic mass is 19.1. The molecule has 0 bridgehead atoms. The lowest BCUT2D eigenvalue weighted by Crippen LogP contribution is -2.45. The molecule has 1 atom stereocenters. The molecule has 0 unspecified atom stereocenters. The van der Waals surface area contributed by atoms with Crippen molar-refractivity contribution in [2.24, 2.45) is 0 Å². The fourth-order valence-corrected chi connectivity index (χ4v) is 4.22. The van der Waals surface area contributed by atoms with Crippen LogP contribution in [0.15, 0.2) is 71.3 Å². The van der Waals surface area contributed by atoms with Crippen molar-refractivity contribution in [1.82, 2.24) is 10.2 Å². The van der Waals surface area contributed by atoms with E-state index in [1.807, 2.05) is 0 Å². The van der Waals surface area contributed by atoms with Crippen LogP contribution in [0.4, 0.5) is 4.39 Å². The molecule has 0 radical (unpaired) electrons. The van der Waals surface area contributed by atoms with E-state index in [1.54, 1.807) is 55.6 Å². The Morgan fingerprint density at radius 3 is 2.39 bits per heavy atom. The van der Waals surface area contributed by atoms with Gasteiger partial charge in [0.05, 0.1) is 13.4 Å². The number of carbonyl (C=O) groups is 2. The van der Waals surface area contributed by atoms with Gasteiger partial charge < -0.3 is 19.4 Å². The van der Waals surface area contributed by atoms with E-state index in [9.17, 15) is 14.0 Å². The molecule has 33 heavy (non-hydrogen) atoms. The normalized spacial score (nSPS) is 14.6. The summed E-state index contributed by atoms with van der Waals surface area (Å²) in [6.45, 7) is 0.106. The van der Waals surface area contributed by atoms with E-state index in [0.717, 1.165) is 25.7 Å². The quantitative estimate of drug-likeness (QED) is 0.532. The zero-order valence-electron chi connectivity index (χ0n) is 18.5. The molecule has 6 nitrogen and oxygen atoms in total. The summed E-state index contributed by atoms with van der Waals surface area (Å²) in [6, 6.07) is 15.4. The second kappa shape index (κ2) is 10.3. The summed E-state index contributed by atoms with van der Waals surface area (Å²) in [5, 5.41) is 3.13. The molecular formula is C26H27FN2O4. The zero-order chi connectivity index (χ0) is 23.2. The van der Waals surface area contributed by atoms with Crippen molar-refractivity contribution in [3.63, 3.8) is 0 Å². The minimum atomic E-state index is -0.904. The molecule has 0 aliphatic heterocycles. The Morgan fingerprint density at radius 2 is 1.79 bits per heavy atom. The van der Waals surface area contributed by atoms with Crippen molar-refractivity contribution in [2.45, 2.75) is 44.3 Å². The Morgan fingerprint density at radius 1 is 1.09 bits per heavy atom. The third-order valence-corrected chi connectivity index (χ3v) is 5.95. The van der Waals surface area contributed by atoms with Gasteiger partial charge in [0.15, 0.2) is 5.76 Å². The van der Waals surface area contributed by atoms with Crippen LogP contribution in [0.2, 0.25) is 0 Å². The minimum Gasteiger partial charge on any atom is -0.497 e. The zero-order valence-corrected chi connectivity index (χ0v) is 18.5. The van der Waals surface area contributed by atoms with Gasteiger partial charge in [-0.3, -0.25) is 9.59 Å². The number of hydrogen-bond donors (Lipinski definition) is 1. The van der Waals surface area contributed by atoms with Crippen LogP contribution in [0.25, 0.3) is 0 Å². The van der Waals surface area contributed by atoms with E-state index < -0.39 is 11.9 Å². The second-order valence-electron chi connectivity index (χ2n) is 8.20. The van der Waals surface area contributed by atoms with Crippen LogP contribution in [0.3, 0.4) is 0 Å². The summed E-state index contributed by atoms with van der Waals surface area (Å²) >= 11 is 0. The van der Waals surface area contributed by atoms with Gasteiger partial charge in [0, 0.05) is 12.6 Å². The van der Waals surface area contributed by atoms with Crippen LogP contribution in [0.1, 0.15) is 53.4 Å². The predicted octanol–water partition coefficient (Wildman–Crippen LogP) is 4.87. The summed E-state index contributed by atoms with van der Waals surface area (Å²) in [6.07, 6.45) is 5.41. The number of carbonyl (C=O) groups excluding carboxylic acids is 2. The van der Waals surface area contributed by atoms with Gasteiger partial charge in [0.1, 0.15) is 17.6 Å². The van der Waals surface area contributed by atoms with Gasteiger partial charge in [0.25, 0.3) is 5.91 Å². The molecule has 7 heteroatoms. The first kappa shape index (κ1) is 22.6. The van der Waals surface area contributed by atoms with E-state index in [1.165, 1.54) is 23.3 Å². The number of furan rings is 1. The van der Waals surface area contributed by atoms with E-state index in [4.69, 9.17) is 9.15 Å². The van der Waals surface area contributed by atoms with Crippen LogP contribution in [0, 0.1) is 5.82 Å². The molecule has 4 rings (SSSR count). The van der Waals surface area contributed by atoms with E-state index >= 15 is 0 Å². The number of rotatable bonds is 8. The Labute approximate surface area is 192 Å². The second-order valence-corrected chi connectivity index (χ2v) is 8.20. The van der Waals surface area contributed by atoms with Crippen molar-refractivity contribution in [3.8, 4) is 5.75 Å². The molecule has 1 fully saturated rings. The maximum atomic E-state index is 13.6. The predicted molar refractivity (Wildman–Crippen MR) is 121 cm³/mol. The number of benzene rings is 2. The third kappa shape index (κ3) is 5.42. The molecule has 2 amide bonds. The fraction of sp³-hybridized carbons (Fsp3) is 0.308. The Kier molecular flexibility index (Phi) is 7.07. The number of hydrogen-bond acceptors (Lipinski definition) is 4. The Bertz CT molecular complexity index is 1060. The molecule has 1 N–H and O–H groups in total. The Balaban J connectivity index is 1.73. The van der Waals surface area contributed by atoms with Crippen molar-refractivity contribution < 1.29 is 23.1 Å². The minimum absolute atomic E-state index is 0.0876. The third-order valence-electron chi connectivity index (χ3n) is 5.95. The van der Waals surface area contributed by atoms with Crippen molar-refractivity contribution in [2.75, 3.05) is 7.11 Å². The van der Waals surface area contributed by atoms with Crippen LogP contribution in [0.5, 0.6) is 5.75 Å². The number of ether oxygens (including phenoxy) is 1. The molecule has 3 aromatic rings. The molecule has 0 spiro atoms. The van der Waals surface area contributed by atoms with Crippen LogP contribution >= 0.6 is 0 Å². The number of nitrogens with zero attached hydrogens (tertiary/aromatic N) is 1. The first-order valence-electron chi connectivity index (χ1n) is 11.1. The lowest BCUT2D eigenvalue weighted by atomic mass is 10.0. The first-order valence-corrected chi connectivity index (χ1v) is 11.1. The summed E-state index contributed by atoms with van der Waals surface area (Å²) < 4.78 is 24.1. The van der Waals surface area contributed by atoms with Crippen LogP contribution in [-0.2, 0) is 11.3 Å². The van der Waals surface area contributed by atoms with E-state index in [2.05, 4.69) is 5.32 Å². The number of methoxy groups -OCH3 is 1. The van der Waals surface area contributed by atoms with E-state index in [-0.39, 0.29) is 30.1 Å². The van der Waals surface area contributed by atoms with Gasteiger partial charge in [-0.05, 0) is 60.4 Å². The molecule has 1 heterocycles. The molecule has 0 saturated heterocycles. The summed E-state index contributed by atoms with van der Waals surface area (Å²) in [5.41, 5.74) is 1.34. The number of amides is 2. The summed E-state index contributed by atoms with van der Waals surface area (Å²) in [5.74, 6) is -0.269. The highest BCUT2D eigenvalue weighted by molar-refractivity contribution is 5.96. The van der Waals surface area contributed by atoms with Crippen LogP contribution in [-0.4, -0.2) is 29.9 Å². The standard InChI is InChI=1S/C26H27FN2O4/c1-32-22-14-10-19(11-15-22)24(25(30)28-21-5-2-3-6-21)29(26(31)23-7-4-16-33-23)17-18-8-12-20(27)13-9-18/h4,7-16,21,24H,2-3,5-6,17H2,1H3,(H,28,30)/t24-/m0/s1. The molecule has 1 saturated carbocycles. The van der Waals surface area contributed by atoms with Crippen molar-refractivity contribution in [3.05, 3.63) is 89.6 Å². The van der Waals surface area contributed by atoms with Crippen molar-refractivity contribution in [1.29, 1.82) is 0 Å². The number of halogens is 1. The molecule has 1 aliphatic carbocycles. The maximum Gasteiger partial charge on any atom is 0.290 e. The summed E-state index contributed by atoms with van der Waals surface area (Å²) in [7, 11) is 1.57. The average Bonchev–Trinajstić information content (AvgIpc) is 3.54. The van der Waals surface area contributed by atoms with Gasteiger partial charge >= 0.3 is 0 Å². The van der Waals surface area contributed by atoms with Gasteiger partial charge in [-0.15, -0.1) is 0 Å². The SMILES string of the molecule is COc1ccc([C@@H](C(=O)NC2CCCC2)N(Cc2ccc(F)cc2)C(=O)c2ccco2)cc1. The average molecular weight is 451 g/mol. The van der Waals surface area contributed by atoms with E-state index in [0.29, 0.717) is 16.9 Å². The van der Waals surface area contributed by atoms with Gasteiger partial charge in [0.2, 0.25) is 5.91 Å². The highest BCUT2D eigenvalue weighted by Gasteiger charge is 2.34. The number of nitrogens with one attached hydrogen (secondary N) is 1. The van der Waals surface area contributed by atoms with Gasteiger partial charge in [-0.25, -0.2) is 4.39 Å². The molecule has 1 aromatic heterocycles. The van der Waals surface area contributed by atoms with Crippen LogP contribution < -0.4 is 10.1 Å². The molecule has 172 valence electrons. The fourth-order valence-electron chi connectivity index (χ4n) is 4.22.